The van der Waals surface area contributed by atoms with Gasteiger partial charge in [-0.05, 0) is 173 Å². The molecule has 1 spiro atoms. The van der Waals surface area contributed by atoms with Crippen molar-refractivity contribution in [3.05, 3.63) is 93.5 Å². The molecular formula is C54H67ClN12O. The maximum Gasteiger partial charge on any atom is 0.219 e. The summed E-state index contributed by atoms with van der Waals surface area (Å²) in [5.74, 6) is 3.60. The van der Waals surface area contributed by atoms with Crippen molar-refractivity contribution in [3.8, 4) is 17.2 Å². The molecular weight excluding hydrogens is 868 g/mol. The lowest BCUT2D eigenvalue weighted by molar-refractivity contribution is -0.129. The number of benzene rings is 2. The van der Waals surface area contributed by atoms with Crippen LogP contribution in [0.4, 0.5) is 23.0 Å². The number of carbonyl (C=O) groups excluding carboxylic acids is 1. The lowest BCUT2D eigenvalue weighted by Gasteiger charge is -2.39. The van der Waals surface area contributed by atoms with Gasteiger partial charge in [0.05, 0.1) is 35.1 Å². The maximum absolute atomic E-state index is 12.7. The highest BCUT2D eigenvalue weighted by Gasteiger charge is 2.41. The minimum atomic E-state index is 0.145. The molecule has 0 atom stereocenters. The summed E-state index contributed by atoms with van der Waals surface area (Å²) in [5.41, 5.74) is 12.0. The monoisotopic (exact) mass is 935 g/mol. The van der Waals surface area contributed by atoms with Crippen molar-refractivity contribution in [1.82, 2.24) is 39.6 Å². The van der Waals surface area contributed by atoms with Crippen LogP contribution in [0.1, 0.15) is 111 Å². The van der Waals surface area contributed by atoms with Crippen molar-refractivity contribution in [2.75, 3.05) is 73.6 Å². The summed E-state index contributed by atoms with van der Waals surface area (Å²) in [4.78, 5) is 24.8. The number of nitrogens with zero attached hydrogens (tertiary/aromatic N) is 12. The number of likely N-dealkylation sites (tertiary alicyclic amines) is 1. The first-order chi connectivity index (χ1) is 33.1. The van der Waals surface area contributed by atoms with Gasteiger partial charge in [-0.15, -0.1) is 5.10 Å². The fraction of sp³-hybridized carbons (Fsp3) is 0.556. The number of aryl methyl sites for hydroxylation is 3. The molecule has 4 fully saturated rings. The zero-order valence-corrected chi connectivity index (χ0v) is 41.1. The van der Waals surface area contributed by atoms with Gasteiger partial charge in [-0.25, -0.2) is 0 Å². The molecule has 1 amide bonds. The molecule has 3 aromatic heterocycles. The number of carbonyl (C=O) groups is 1. The SMILES string of the molecule is CC(=O)N1CCc2c(c(N3CCCc4cc(-c5cnn(C)c5)c(C)cc43)nn2C2CCC(CN3CCC(Cc4ccc(N5CCC6(CCN(c7ccc(C#N)c(Cl)c7)C6)CC5)nn4)CC3)CC2)C1. The first-order valence-electron chi connectivity index (χ1n) is 25.6. The van der Waals surface area contributed by atoms with E-state index in [4.69, 9.17) is 26.9 Å². The molecule has 6 aliphatic rings. The van der Waals surface area contributed by atoms with Gasteiger partial charge in [0.25, 0.3) is 0 Å². The van der Waals surface area contributed by atoms with Gasteiger partial charge in [0.15, 0.2) is 11.6 Å². The zero-order chi connectivity index (χ0) is 46.5. The second-order valence-electron chi connectivity index (χ2n) is 21.3. The Morgan fingerprint density at radius 2 is 1.68 bits per heavy atom. The Bertz CT molecular complexity index is 2680. The number of piperidine rings is 2. The number of hydrogen-bond donors (Lipinski definition) is 0. The summed E-state index contributed by atoms with van der Waals surface area (Å²) in [5, 5.41) is 29.4. The molecule has 0 bridgehead atoms. The number of aromatic nitrogens is 6. The molecule has 5 aliphatic heterocycles. The Hall–Kier alpha value is -5.45. The first kappa shape index (κ1) is 45.0. The Kier molecular flexibility index (Phi) is 12.4. The van der Waals surface area contributed by atoms with E-state index in [1.54, 1.807) is 6.92 Å². The molecule has 5 aromatic rings. The van der Waals surface area contributed by atoms with E-state index in [9.17, 15) is 10.1 Å². The molecule has 1 aliphatic carbocycles. The topological polar surface area (TPSA) is 118 Å². The standard InChI is InChI=1S/C54H67ClN12O/c1-37-27-51-41(29-47(37)43-32-57-61(3)34-43)5-4-20-66(51)53-48-35-64(38(2)68)23-16-50(48)67(60-53)45-10-6-40(7-11-45)33-62-21-14-39(15-22-62)28-44-9-13-52(59-58-44)63-24-17-54(18-25-63)19-26-65(36-54)46-12-8-42(31-56)49(55)30-46/h8-9,12-13,27,29-30,32,34,39-40,45H,4-7,10-11,14-26,28,33,35-36H2,1-3H3. The summed E-state index contributed by atoms with van der Waals surface area (Å²) in [7, 11) is 1.98. The summed E-state index contributed by atoms with van der Waals surface area (Å²) in [6.45, 7) is 13.9. The molecule has 8 heterocycles. The van der Waals surface area contributed by atoms with Crippen molar-refractivity contribution in [1.29, 1.82) is 5.26 Å². The Morgan fingerprint density at radius 3 is 2.38 bits per heavy atom. The first-order valence-corrected chi connectivity index (χ1v) is 26.0. The molecule has 3 saturated heterocycles. The van der Waals surface area contributed by atoms with E-state index >= 15 is 0 Å². The quantitative estimate of drug-likeness (QED) is 0.142. The number of rotatable bonds is 9. The van der Waals surface area contributed by atoms with Gasteiger partial charge in [0.1, 0.15) is 6.07 Å². The van der Waals surface area contributed by atoms with E-state index in [1.165, 1.54) is 85.4 Å². The largest absolute Gasteiger partial charge is 0.371 e. The second-order valence-corrected chi connectivity index (χ2v) is 21.7. The van der Waals surface area contributed by atoms with Crippen LogP contribution in [0.25, 0.3) is 11.1 Å². The normalized spacial score (nSPS) is 22.1. The smallest absolute Gasteiger partial charge is 0.219 e. The van der Waals surface area contributed by atoms with Crippen molar-refractivity contribution in [2.45, 2.75) is 110 Å². The number of hydrogen-bond acceptors (Lipinski definition) is 10. The average molecular weight is 936 g/mol. The number of anilines is 4. The molecule has 68 heavy (non-hydrogen) atoms. The van der Waals surface area contributed by atoms with Gasteiger partial charge in [-0.3, -0.25) is 14.2 Å². The summed E-state index contributed by atoms with van der Waals surface area (Å²) in [6, 6.07) is 17.6. The molecule has 13 nitrogen and oxygen atoms in total. The number of fused-ring (bicyclic) bond motifs is 2. The molecule has 0 unspecified atom stereocenters. The lowest BCUT2D eigenvalue weighted by Crippen LogP contribution is -2.42. The van der Waals surface area contributed by atoms with Gasteiger partial charge in [0, 0.05) is 101 Å². The minimum Gasteiger partial charge on any atom is -0.371 e. The summed E-state index contributed by atoms with van der Waals surface area (Å²) < 4.78 is 4.30. The van der Waals surface area contributed by atoms with Gasteiger partial charge < -0.3 is 24.5 Å². The van der Waals surface area contributed by atoms with Crippen molar-refractivity contribution in [2.24, 2.45) is 24.3 Å². The van der Waals surface area contributed by atoms with E-state index in [0.29, 0.717) is 34.5 Å². The van der Waals surface area contributed by atoms with Gasteiger partial charge in [-0.2, -0.15) is 20.6 Å². The van der Waals surface area contributed by atoms with Crippen LogP contribution in [-0.4, -0.2) is 104 Å². The third kappa shape index (κ3) is 8.99. The van der Waals surface area contributed by atoms with E-state index < -0.39 is 0 Å². The third-order valence-corrected chi connectivity index (χ3v) is 17.3. The van der Waals surface area contributed by atoms with Crippen molar-refractivity contribution < 1.29 is 4.79 Å². The maximum atomic E-state index is 12.7. The van der Waals surface area contributed by atoms with Gasteiger partial charge >= 0.3 is 0 Å². The molecule has 0 radical (unpaired) electrons. The summed E-state index contributed by atoms with van der Waals surface area (Å²) in [6.07, 6.45) is 18.8. The number of halogens is 1. The Labute approximate surface area is 407 Å². The molecule has 14 heteroatoms. The van der Waals surface area contributed by atoms with Gasteiger partial charge in [0.2, 0.25) is 5.91 Å². The number of amides is 1. The van der Waals surface area contributed by atoms with E-state index in [-0.39, 0.29) is 5.91 Å². The lowest BCUT2D eigenvalue weighted by atomic mass is 9.78. The minimum absolute atomic E-state index is 0.145. The average Bonchev–Trinajstić information content (AvgIpc) is 4.09. The van der Waals surface area contributed by atoms with Crippen molar-refractivity contribution in [3.63, 3.8) is 0 Å². The summed E-state index contributed by atoms with van der Waals surface area (Å²) >= 11 is 6.37. The van der Waals surface area contributed by atoms with Crippen molar-refractivity contribution >= 4 is 40.5 Å². The molecule has 0 N–H and O–H groups in total. The highest BCUT2D eigenvalue weighted by molar-refractivity contribution is 6.32. The zero-order valence-electron chi connectivity index (χ0n) is 40.3. The molecule has 11 rings (SSSR count). The van der Waals surface area contributed by atoms with Crippen LogP contribution in [0.2, 0.25) is 5.02 Å². The Morgan fingerprint density at radius 1 is 0.882 bits per heavy atom. The predicted octanol–water partition coefficient (Wildman–Crippen LogP) is 9.08. The van der Waals surface area contributed by atoms with Crippen LogP contribution in [0.5, 0.6) is 0 Å². The number of nitriles is 1. The predicted molar refractivity (Wildman–Crippen MR) is 269 cm³/mol. The highest BCUT2D eigenvalue weighted by Crippen LogP contribution is 2.45. The Balaban J connectivity index is 0.664. The van der Waals surface area contributed by atoms with E-state index in [1.807, 2.05) is 41.0 Å². The van der Waals surface area contributed by atoms with Crippen LogP contribution < -0.4 is 14.7 Å². The van der Waals surface area contributed by atoms with Crippen LogP contribution in [0.3, 0.4) is 0 Å². The van der Waals surface area contributed by atoms with E-state index in [2.05, 4.69) is 72.8 Å². The fourth-order valence-electron chi connectivity index (χ4n) is 12.8. The molecule has 1 saturated carbocycles. The van der Waals surface area contributed by atoms with Crippen LogP contribution in [-0.2, 0) is 37.6 Å². The van der Waals surface area contributed by atoms with Crippen LogP contribution in [0, 0.1) is 35.5 Å². The second kappa shape index (κ2) is 18.8. The van der Waals surface area contributed by atoms with Crippen LogP contribution >= 0.6 is 11.6 Å². The third-order valence-electron chi connectivity index (χ3n) is 16.9. The van der Waals surface area contributed by atoms with Gasteiger partial charge in [-0.1, -0.05) is 11.6 Å². The fourth-order valence-corrected chi connectivity index (χ4v) is 13.1. The van der Waals surface area contributed by atoms with Crippen LogP contribution in [0.15, 0.2) is 54.9 Å². The highest BCUT2D eigenvalue weighted by atomic mass is 35.5. The molecule has 2 aromatic carbocycles. The molecule has 356 valence electrons. The van der Waals surface area contributed by atoms with E-state index in [0.717, 1.165) is 125 Å².